The molecule has 0 aromatic heterocycles. The van der Waals surface area contributed by atoms with Crippen LogP contribution >= 0.6 is 11.9 Å². The van der Waals surface area contributed by atoms with Gasteiger partial charge in [-0.3, -0.25) is 0 Å². The van der Waals surface area contributed by atoms with Crippen molar-refractivity contribution < 1.29 is 0 Å². The number of hydrogen-bond donors (Lipinski definition) is 2. The van der Waals surface area contributed by atoms with Gasteiger partial charge in [-0.15, -0.1) is 0 Å². The van der Waals surface area contributed by atoms with E-state index in [-0.39, 0.29) is 0 Å². The van der Waals surface area contributed by atoms with Crippen LogP contribution in [0.5, 0.6) is 0 Å². The Morgan fingerprint density at radius 3 is 3.00 bits per heavy atom. The van der Waals surface area contributed by atoms with Crippen LogP contribution in [-0.4, -0.2) is 6.54 Å². The van der Waals surface area contributed by atoms with E-state index in [4.69, 9.17) is 0 Å². The average molecular weight is 216 g/mol. The second-order valence-corrected chi connectivity index (χ2v) is 4.49. The minimum Gasteiger partial charge on any atom is -0.247 e. The van der Waals surface area contributed by atoms with Gasteiger partial charge in [0.2, 0.25) is 0 Å². The number of hydrogen-bond acceptors (Lipinski definition) is 3. The van der Waals surface area contributed by atoms with Gasteiger partial charge in [0.25, 0.3) is 0 Å². The summed E-state index contributed by atoms with van der Waals surface area (Å²) in [6.07, 6.45) is 1.08. The molecule has 0 spiro atoms. The van der Waals surface area contributed by atoms with Gasteiger partial charge in [0.15, 0.2) is 0 Å². The maximum atomic E-state index is 3.17. The summed E-state index contributed by atoms with van der Waals surface area (Å²) in [4.78, 5) is 4.47. The van der Waals surface area contributed by atoms with Crippen LogP contribution in [0.25, 0.3) is 10.8 Å². The Bertz CT molecular complexity index is 496. The van der Waals surface area contributed by atoms with Gasteiger partial charge in [-0.2, -0.15) is 4.83 Å². The summed E-state index contributed by atoms with van der Waals surface area (Å²) in [5.41, 5.74) is 4.63. The highest BCUT2D eigenvalue weighted by molar-refractivity contribution is 7.97. The summed E-state index contributed by atoms with van der Waals surface area (Å²) in [6, 6.07) is 13.0. The van der Waals surface area contributed by atoms with Crippen molar-refractivity contribution in [1.82, 2.24) is 10.3 Å². The van der Waals surface area contributed by atoms with Crippen LogP contribution in [0.2, 0.25) is 0 Å². The first-order valence-electron chi connectivity index (χ1n) is 5.10. The third-order valence-electron chi connectivity index (χ3n) is 2.73. The molecule has 0 fully saturated rings. The van der Waals surface area contributed by atoms with Gasteiger partial charge in [0.05, 0.1) is 0 Å². The highest BCUT2D eigenvalue weighted by Crippen LogP contribution is 2.29. The summed E-state index contributed by atoms with van der Waals surface area (Å²) in [7, 11) is 0. The summed E-state index contributed by atoms with van der Waals surface area (Å²) in [6.45, 7) is 0.980. The molecule has 0 unspecified atom stereocenters. The van der Waals surface area contributed by atoms with E-state index in [0.717, 1.165) is 13.0 Å². The van der Waals surface area contributed by atoms with E-state index in [9.17, 15) is 0 Å². The minimum atomic E-state index is 0.980. The highest BCUT2D eigenvalue weighted by Gasteiger charge is 2.10. The first-order valence-corrected chi connectivity index (χ1v) is 5.92. The van der Waals surface area contributed by atoms with Crippen molar-refractivity contribution in [3.63, 3.8) is 0 Å². The molecule has 2 N–H and O–H groups in total. The molecule has 0 radical (unpaired) electrons. The predicted molar refractivity (Wildman–Crippen MR) is 64.6 cm³/mol. The molecule has 15 heavy (non-hydrogen) atoms. The minimum absolute atomic E-state index is 0.980. The van der Waals surface area contributed by atoms with Crippen molar-refractivity contribution in [1.29, 1.82) is 0 Å². The fourth-order valence-corrected chi connectivity index (χ4v) is 2.75. The summed E-state index contributed by atoms with van der Waals surface area (Å²) in [5.74, 6) is 0. The van der Waals surface area contributed by atoms with E-state index in [2.05, 4.69) is 46.7 Å². The van der Waals surface area contributed by atoms with E-state index in [0.29, 0.717) is 0 Å². The Kier molecular flexibility index (Phi) is 2.37. The Morgan fingerprint density at radius 1 is 1.07 bits per heavy atom. The van der Waals surface area contributed by atoms with E-state index >= 15 is 0 Å². The number of rotatable bonds is 0. The van der Waals surface area contributed by atoms with Crippen LogP contribution in [0.4, 0.5) is 0 Å². The molecule has 0 saturated carbocycles. The SMILES string of the molecule is c1ccc2c3c(ccc2c1)SNNCC3. The molecule has 1 aliphatic heterocycles. The molecular weight excluding hydrogens is 204 g/mol. The van der Waals surface area contributed by atoms with Crippen molar-refractivity contribution >= 4 is 22.7 Å². The summed E-state index contributed by atoms with van der Waals surface area (Å²) >= 11 is 1.66. The first-order chi connectivity index (χ1) is 7.45. The van der Waals surface area contributed by atoms with Crippen LogP contribution in [0.3, 0.4) is 0 Å². The molecule has 0 atom stereocenters. The fraction of sp³-hybridized carbons (Fsp3) is 0.167. The van der Waals surface area contributed by atoms with Crippen molar-refractivity contribution in [2.24, 2.45) is 0 Å². The maximum absolute atomic E-state index is 3.17. The van der Waals surface area contributed by atoms with E-state index in [1.807, 2.05) is 0 Å². The van der Waals surface area contributed by atoms with Gasteiger partial charge < -0.3 is 0 Å². The first kappa shape index (κ1) is 9.21. The Balaban J connectivity index is 2.27. The van der Waals surface area contributed by atoms with Gasteiger partial charge in [0, 0.05) is 11.4 Å². The quantitative estimate of drug-likeness (QED) is 0.662. The van der Waals surface area contributed by atoms with Crippen molar-refractivity contribution in [2.75, 3.05) is 6.54 Å². The summed E-state index contributed by atoms with van der Waals surface area (Å²) < 4.78 is 0. The molecule has 0 saturated heterocycles. The monoisotopic (exact) mass is 216 g/mol. The molecule has 3 rings (SSSR count). The second kappa shape index (κ2) is 3.85. The summed E-state index contributed by atoms with van der Waals surface area (Å²) in [5, 5.41) is 2.71. The zero-order valence-electron chi connectivity index (χ0n) is 8.29. The molecule has 2 aromatic rings. The largest absolute Gasteiger partial charge is 0.247 e. The Hall–Kier alpha value is -1.03. The van der Waals surface area contributed by atoms with Crippen LogP contribution in [0.1, 0.15) is 5.56 Å². The molecular formula is C12H12N2S. The zero-order chi connectivity index (χ0) is 10.1. The highest BCUT2D eigenvalue weighted by atomic mass is 32.2. The zero-order valence-corrected chi connectivity index (χ0v) is 9.10. The lowest BCUT2D eigenvalue weighted by Gasteiger charge is -2.07. The lowest BCUT2D eigenvalue weighted by molar-refractivity contribution is 0.689. The van der Waals surface area contributed by atoms with Crippen LogP contribution < -0.4 is 10.3 Å². The Morgan fingerprint density at radius 2 is 2.00 bits per heavy atom. The van der Waals surface area contributed by atoms with E-state index < -0.39 is 0 Å². The smallest absolute Gasteiger partial charge is 0.0279 e. The van der Waals surface area contributed by atoms with Crippen molar-refractivity contribution in [3.8, 4) is 0 Å². The normalized spacial score (nSPS) is 16.0. The second-order valence-electron chi connectivity index (χ2n) is 3.64. The number of hydrazine groups is 1. The molecule has 0 amide bonds. The molecule has 1 aliphatic rings. The van der Waals surface area contributed by atoms with Gasteiger partial charge in [-0.1, -0.05) is 30.3 Å². The van der Waals surface area contributed by atoms with Crippen molar-refractivity contribution in [2.45, 2.75) is 11.3 Å². The lowest BCUT2D eigenvalue weighted by Crippen LogP contribution is -2.25. The molecule has 3 heteroatoms. The third kappa shape index (κ3) is 1.63. The van der Waals surface area contributed by atoms with Gasteiger partial charge in [-0.05, 0) is 40.8 Å². The standard InChI is InChI=1S/C12H12N2S/c1-2-4-10-9(3-1)5-6-12-11(10)7-8-13-14-15-12/h1-6,13-14H,7-8H2. The molecule has 2 aromatic carbocycles. The molecule has 1 heterocycles. The van der Waals surface area contributed by atoms with Crippen LogP contribution in [-0.2, 0) is 6.42 Å². The number of benzene rings is 2. The number of nitrogens with one attached hydrogen (secondary N) is 2. The molecule has 76 valence electrons. The van der Waals surface area contributed by atoms with E-state index in [1.54, 1.807) is 11.9 Å². The topological polar surface area (TPSA) is 24.1 Å². The van der Waals surface area contributed by atoms with Gasteiger partial charge >= 0.3 is 0 Å². The molecule has 2 nitrogen and oxygen atoms in total. The van der Waals surface area contributed by atoms with Crippen LogP contribution in [0, 0.1) is 0 Å². The van der Waals surface area contributed by atoms with E-state index in [1.165, 1.54) is 21.2 Å². The molecule has 0 bridgehead atoms. The lowest BCUT2D eigenvalue weighted by atomic mass is 10.0. The Labute approximate surface area is 93.2 Å². The fourth-order valence-electron chi connectivity index (χ4n) is 2.00. The maximum Gasteiger partial charge on any atom is 0.0279 e. The van der Waals surface area contributed by atoms with Gasteiger partial charge in [-0.25, -0.2) is 5.43 Å². The van der Waals surface area contributed by atoms with Gasteiger partial charge in [0.1, 0.15) is 0 Å². The molecule has 0 aliphatic carbocycles. The van der Waals surface area contributed by atoms with Crippen LogP contribution in [0.15, 0.2) is 41.3 Å². The average Bonchev–Trinajstić information content (AvgIpc) is 2.54. The van der Waals surface area contributed by atoms with Crippen molar-refractivity contribution in [3.05, 3.63) is 42.0 Å². The predicted octanol–water partition coefficient (Wildman–Crippen LogP) is 2.50. The number of fused-ring (bicyclic) bond motifs is 3. The third-order valence-corrected chi connectivity index (χ3v) is 3.58.